The topological polar surface area (TPSA) is 307 Å². The molecule has 0 aromatic carbocycles. The lowest BCUT2D eigenvalue weighted by Crippen LogP contribution is -2.66. The molecule has 0 aliphatic carbocycles. The van der Waals surface area contributed by atoms with E-state index in [4.69, 9.17) is 28.4 Å². The van der Waals surface area contributed by atoms with Crippen LogP contribution in [-0.4, -0.2) is 193 Å². The van der Waals surface area contributed by atoms with Gasteiger partial charge in [0.1, 0.15) is 73.2 Å². The maximum Gasteiger partial charge on any atom is 0.220 e. The molecular weight excluding hydrogens is 1150 g/mol. The molecule has 90 heavy (non-hydrogen) atoms. The van der Waals surface area contributed by atoms with Gasteiger partial charge in [0.2, 0.25) is 5.91 Å². The van der Waals surface area contributed by atoms with Crippen molar-refractivity contribution in [1.82, 2.24) is 5.32 Å². The molecule has 0 aromatic rings. The van der Waals surface area contributed by atoms with Crippen LogP contribution in [0.4, 0.5) is 0 Å². The molecule has 3 heterocycles. The van der Waals surface area contributed by atoms with E-state index in [0.29, 0.717) is 12.8 Å². The van der Waals surface area contributed by atoms with E-state index >= 15 is 0 Å². The lowest BCUT2D eigenvalue weighted by Gasteiger charge is -2.48. The molecule has 17 atom stereocenters. The molecule has 0 saturated carbocycles. The van der Waals surface area contributed by atoms with Crippen molar-refractivity contribution in [1.29, 1.82) is 0 Å². The van der Waals surface area contributed by atoms with Crippen molar-refractivity contribution < 1.29 is 89.4 Å². The van der Waals surface area contributed by atoms with Gasteiger partial charge in [-0.05, 0) is 70.6 Å². The Labute approximate surface area is 541 Å². The Kier molecular flexibility index (Phi) is 47.9. The van der Waals surface area contributed by atoms with Crippen LogP contribution in [0.15, 0.2) is 60.8 Å². The average Bonchev–Trinajstić information content (AvgIpc) is 0.851. The zero-order valence-electron chi connectivity index (χ0n) is 55.4. The van der Waals surface area contributed by atoms with Gasteiger partial charge in [-0.3, -0.25) is 4.79 Å². The van der Waals surface area contributed by atoms with E-state index in [0.717, 1.165) is 77.0 Å². The van der Waals surface area contributed by atoms with Crippen LogP contribution in [0, 0.1) is 0 Å². The second-order valence-corrected chi connectivity index (χ2v) is 25.3. The summed E-state index contributed by atoms with van der Waals surface area (Å²) in [6.07, 6.45) is 38.1. The smallest absolute Gasteiger partial charge is 0.220 e. The first-order chi connectivity index (χ1) is 43.8. The Morgan fingerprint density at radius 3 is 1.22 bits per heavy atom. The van der Waals surface area contributed by atoms with Crippen molar-refractivity contribution in [2.45, 2.75) is 356 Å². The standard InChI is InChI=1S/C71H127NO18/c1-3-5-7-9-11-13-15-17-18-19-20-21-22-23-24-25-26-27-28-29-30-31-32-33-34-35-37-38-40-42-44-46-48-55(76)54(72-59(77)49-47-45-43-41-39-36-16-14-12-10-8-6-4-2)53-85-69-65(83)62(80)67(57(51-74)87-69)90-71-66(84)63(81)68(58(52-75)88-71)89-70-64(82)61(79)60(78)56(50-73)86-70/h8,10,14,16,33-34,38,40,46,48,54-58,60-71,73-76,78-84H,3-7,9,11-13,15,17-32,35-37,39,41-45,47,49-53H2,1-2H3,(H,72,77)/b10-8-,16-14-,34-33+,40-38+,48-46+. The minimum absolute atomic E-state index is 0.213. The summed E-state index contributed by atoms with van der Waals surface area (Å²) in [5.74, 6) is -0.305. The number of amides is 1. The minimum Gasteiger partial charge on any atom is -0.394 e. The van der Waals surface area contributed by atoms with E-state index in [1.807, 2.05) is 6.08 Å². The highest BCUT2D eigenvalue weighted by molar-refractivity contribution is 5.76. The van der Waals surface area contributed by atoms with E-state index in [2.05, 4.69) is 67.8 Å². The fraction of sp³-hybridized carbons (Fsp3) is 0.845. The van der Waals surface area contributed by atoms with Gasteiger partial charge in [0.15, 0.2) is 18.9 Å². The second kappa shape index (κ2) is 52.7. The first-order valence-electron chi connectivity index (χ1n) is 35.5. The van der Waals surface area contributed by atoms with Crippen molar-refractivity contribution in [2.24, 2.45) is 0 Å². The van der Waals surface area contributed by atoms with E-state index in [9.17, 15) is 61.0 Å². The number of rotatable bonds is 54. The van der Waals surface area contributed by atoms with Crippen molar-refractivity contribution in [3.63, 3.8) is 0 Å². The monoisotopic (exact) mass is 1280 g/mol. The van der Waals surface area contributed by atoms with Crippen LogP contribution in [0.5, 0.6) is 0 Å². The molecule has 0 aromatic heterocycles. The van der Waals surface area contributed by atoms with Gasteiger partial charge in [0.25, 0.3) is 0 Å². The van der Waals surface area contributed by atoms with E-state index in [1.165, 1.54) is 141 Å². The fourth-order valence-corrected chi connectivity index (χ4v) is 11.7. The Bertz CT molecular complexity index is 1870. The summed E-state index contributed by atoms with van der Waals surface area (Å²) < 4.78 is 34.3. The quantitative estimate of drug-likeness (QED) is 0.0199. The van der Waals surface area contributed by atoms with Crippen LogP contribution >= 0.6 is 0 Å². The molecule has 3 aliphatic heterocycles. The predicted molar refractivity (Wildman–Crippen MR) is 351 cm³/mol. The summed E-state index contributed by atoms with van der Waals surface area (Å²) in [7, 11) is 0. The lowest BCUT2D eigenvalue weighted by molar-refractivity contribution is -0.379. The SMILES string of the molecule is CCC/C=C\C/C=C\CCCCCCCC(=O)NC(COC1OC(CO)C(OC2OC(CO)C(OC3OC(CO)C(O)C(O)C3O)C(O)C2O)C(O)C1O)C(O)/C=C/CC/C=C/CC/C=C/CCCCCCCCCCCCCCCCCCCCCCCC. The maximum atomic E-state index is 13.3. The predicted octanol–water partition coefficient (Wildman–Crippen LogP) is 9.55. The number of unbranched alkanes of at least 4 members (excludes halogenated alkanes) is 30. The van der Waals surface area contributed by atoms with Crippen molar-refractivity contribution in [3.05, 3.63) is 60.8 Å². The third kappa shape index (κ3) is 34.2. The molecule has 17 unspecified atom stereocenters. The molecule has 0 spiro atoms. The number of nitrogens with one attached hydrogen (secondary N) is 1. The number of ether oxygens (including phenoxy) is 6. The summed E-state index contributed by atoms with van der Waals surface area (Å²) in [6.45, 7) is 1.63. The Balaban J connectivity index is 1.40. The van der Waals surface area contributed by atoms with Gasteiger partial charge in [-0.25, -0.2) is 0 Å². The molecule has 3 saturated heterocycles. The third-order valence-electron chi connectivity index (χ3n) is 17.5. The molecule has 0 radical (unpaired) electrons. The summed E-state index contributed by atoms with van der Waals surface area (Å²) in [6, 6.07) is -1.01. The van der Waals surface area contributed by atoms with Gasteiger partial charge in [0.05, 0.1) is 38.6 Å². The normalized spacial score (nSPS) is 28.4. The largest absolute Gasteiger partial charge is 0.394 e. The number of aliphatic hydroxyl groups excluding tert-OH is 11. The van der Waals surface area contributed by atoms with Gasteiger partial charge >= 0.3 is 0 Å². The summed E-state index contributed by atoms with van der Waals surface area (Å²) in [5, 5.41) is 120. The van der Waals surface area contributed by atoms with Gasteiger partial charge in [0, 0.05) is 6.42 Å². The highest BCUT2D eigenvalue weighted by atomic mass is 16.8. The lowest BCUT2D eigenvalue weighted by atomic mass is 9.96. The average molecular weight is 1280 g/mol. The van der Waals surface area contributed by atoms with Crippen LogP contribution in [0.25, 0.3) is 0 Å². The van der Waals surface area contributed by atoms with Crippen molar-refractivity contribution >= 4 is 5.91 Å². The van der Waals surface area contributed by atoms with Crippen LogP contribution in [0.2, 0.25) is 0 Å². The molecule has 12 N–H and O–H groups in total. The first kappa shape index (κ1) is 81.7. The number of aliphatic hydroxyl groups is 11. The van der Waals surface area contributed by atoms with Crippen LogP contribution < -0.4 is 5.32 Å². The number of allylic oxidation sites excluding steroid dienone is 9. The molecule has 3 rings (SSSR count). The molecule has 524 valence electrons. The van der Waals surface area contributed by atoms with E-state index < -0.39 is 124 Å². The molecule has 19 heteroatoms. The van der Waals surface area contributed by atoms with Crippen molar-refractivity contribution in [3.8, 4) is 0 Å². The van der Waals surface area contributed by atoms with Gasteiger partial charge in [-0.2, -0.15) is 0 Å². The number of carbonyl (C=O) groups is 1. The molecule has 3 fully saturated rings. The summed E-state index contributed by atoms with van der Waals surface area (Å²) in [5.41, 5.74) is 0. The number of carbonyl (C=O) groups excluding carboxylic acids is 1. The molecule has 0 bridgehead atoms. The van der Waals surface area contributed by atoms with Crippen LogP contribution in [0.1, 0.15) is 251 Å². The molecule has 19 nitrogen and oxygen atoms in total. The number of hydrogen-bond acceptors (Lipinski definition) is 18. The fourth-order valence-electron chi connectivity index (χ4n) is 11.7. The van der Waals surface area contributed by atoms with Gasteiger partial charge in [-0.15, -0.1) is 0 Å². The molecule has 3 aliphatic rings. The molecule has 1 amide bonds. The van der Waals surface area contributed by atoms with Crippen LogP contribution in [0.3, 0.4) is 0 Å². The highest BCUT2D eigenvalue weighted by Crippen LogP contribution is 2.33. The first-order valence-corrected chi connectivity index (χ1v) is 35.5. The van der Waals surface area contributed by atoms with Gasteiger partial charge < -0.3 is 89.9 Å². The van der Waals surface area contributed by atoms with E-state index in [-0.39, 0.29) is 18.9 Å². The summed E-state index contributed by atoms with van der Waals surface area (Å²) >= 11 is 0. The zero-order valence-corrected chi connectivity index (χ0v) is 55.4. The molecular formula is C71H127NO18. The van der Waals surface area contributed by atoms with Gasteiger partial charge in [-0.1, -0.05) is 235 Å². The Morgan fingerprint density at radius 1 is 0.400 bits per heavy atom. The van der Waals surface area contributed by atoms with Crippen LogP contribution in [-0.2, 0) is 33.2 Å². The maximum absolute atomic E-state index is 13.3. The third-order valence-corrected chi connectivity index (χ3v) is 17.5. The minimum atomic E-state index is -1.99. The Hall–Kier alpha value is -2.51. The second-order valence-electron chi connectivity index (χ2n) is 25.3. The highest BCUT2D eigenvalue weighted by Gasteiger charge is 2.53. The number of hydrogen-bond donors (Lipinski definition) is 12. The van der Waals surface area contributed by atoms with E-state index in [1.54, 1.807) is 6.08 Å². The zero-order chi connectivity index (χ0) is 65.4. The Morgan fingerprint density at radius 2 is 0.767 bits per heavy atom. The summed E-state index contributed by atoms with van der Waals surface area (Å²) in [4.78, 5) is 13.3. The van der Waals surface area contributed by atoms with Crippen molar-refractivity contribution in [2.75, 3.05) is 26.4 Å².